The second-order valence-corrected chi connectivity index (χ2v) is 8.25. The number of fused-ring (bicyclic) bond motifs is 1. The Morgan fingerprint density at radius 1 is 0.816 bits per heavy atom. The monoisotopic (exact) mass is 541 g/mol. The molecule has 202 valence electrons. The van der Waals surface area contributed by atoms with Crippen LogP contribution in [0.25, 0.3) is 0 Å². The fourth-order valence-corrected chi connectivity index (χ4v) is 4.43. The van der Waals surface area contributed by atoms with Gasteiger partial charge in [-0.1, -0.05) is 18.2 Å². The van der Waals surface area contributed by atoms with Crippen LogP contribution in [0, 0.1) is 0 Å². The largest absolute Gasteiger partial charge is 0.573 e. The third-order valence-corrected chi connectivity index (χ3v) is 5.85. The summed E-state index contributed by atoms with van der Waals surface area (Å²) in [5.74, 6) is -0.945. The highest BCUT2D eigenvalue weighted by Gasteiger charge is 2.37. The van der Waals surface area contributed by atoms with Gasteiger partial charge in [0.25, 0.3) is 5.91 Å². The van der Waals surface area contributed by atoms with Gasteiger partial charge in [-0.15, -0.1) is 26.3 Å². The lowest BCUT2D eigenvalue weighted by atomic mass is 9.86. The molecule has 38 heavy (non-hydrogen) atoms. The van der Waals surface area contributed by atoms with E-state index in [9.17, 15) is 31.1 Å². The normalized spacial score (nSPS) is 15.5. The van der Waals surface area contributed by atoms with E-state index in [-0.39, 0.29) is 17.7 Å². The van der Waals surface area contributed by atoms with Crippen molar-refractivity contribution in [1.82, 2.24) is 4.90 Å². The second-order valence-electron chi connectivity index (χ2n) is 8.25. The molecule has 3 aromatic rings. The number of carbonyl (C=O) groups excluding carboxylic acids is 1. The first-order valence-electron chi connectivity index (χ1n) is 11.2. The molecule has 0 aliphatic carbocycles. The standard InChI is InChI=1S/C26H21F6NO5/c1-35-20-11-15-9-10-33(24(34)17-6-4-8-19(13-17)38-26(30,31)32)23(22(15)21(14-20)36-2)16-5-3-7-18(12-16)37-25(27,28)29/h3-8,11-14,23H,9-10H2,1-2H3. The van der Waals surface area contributed by atoms with E-state index in [2.05, 4.69) is 9.47 Å². The Morgan fingerprint density at radius 3 is 2.05 bits per heavy atom. The number of hydrogen-bond acceptors (Lipinski definition) is 5. The number of hydrogen-bond donors (Lipinski definition) is 0. The zero-order valence-electron chi connectivity index (χ0n) is 20.0. The number of alkyl halides is 6. The van der Waals surface area contributed by atoms with E-state index in [4.69, 9.17) is 9.47 Å². The van der Waals surface area contributed by atoms with Crippen molar-refractivity contribution in [2.75, 3.05) is 20.8 Å². The lowest BCUT2D eigenvalue weighted by Gasteiger charge is -2.39. The molecule has 0 fully saturated rings. The zero-order chi connectivity index (χ0) is 27.7. The molecule has 3 aromatic carbocycles. The molecule has 0 aromatic heterocycles. The Bertz CT molecular complexity index is 1310. The van der Waals surface area contributed by atoms with Crippen molar-refractivity contribution in [2.45, 2.75) is 25.2 Å². The number of ether oxygens (including phenoxy) is 4. The maximum absolute atomic E-state index is 13.7. The van der Waals surface area contributed by atoms with Gasteiger partial charge in [0.15, 0.2) is 0 Å². The number of methoxy groups -OCH3 is 2. The van der Waals surface area contributed by atoms with Crippen LogP contribution in [-0.2, 0) is 6.42 Å². The Kier molecular flexibility index (Phi) is 7.34. The van der Waals surface area contributed by atoms with Gasteiger partial charge in [-0.05, 0) is 53.9 Å². The average Bonchev–Trinajstić information content (AvgIpc) is 2.85. The maximum Gasteiger partial charge on any atom is 0.573 e. The van der Waals surface area contributed by atoms with Gasteiger partial charge in [-0.25, -0.2) is 0 Å². The number of amides is 1. The average molecular weight is 541 g/mol. The van der Waals surface area contributed by atoms with Crippen molar-refractivity contribution in [3.8, 4) is 23.0 Å². The molecule has 1 amide bonds. The third-order valence-electron chi connectivity index (χ3n) is 5.85. The van der Waals surface area contributed by atoms with Crippen molar-refractivity contribution >= 4 is 5.91 Å². The highest BCUT2D eigenvalue weighted by Crippen LogP contribution is 2.44. The minimum atomic E-state index is -4.96. The molecule has 0 radical (unpaired) electrons. The Labute approximate surface area is 213 Å². The fourth-order valence-electron chi connectivity index (χ4n) is 4.43. The number of benzene rings is 3. The SMILES string of the molecule is COc1cc2c(c(OC)c1)C(c1cccc(OC(F)(F)F)c1)N(C(=O)c1cccc(OC(F)(F)F)c1)CC2. The van der Waals surface area contributed by atoms with Gasteiger partial charge in [0.1, 0.15) is 23.0 Å². The summed E-state index contributed by atoms with van der Waals surface area (Å²) in [6, 6.07) is 12.1. The molecule has 1 aliphatic rings. The molecule has 12 heteroatoms. The van der Waals surface area contributed by atoms with Gasteiger partial charge in [0, 0.05) is 23.7 Å². The summed E-state index contributed by atoms with van der Waals surface area (Å²) in [5, 5.41) is 0. The third kappa shape index (κ3) is 6.06. The Balaban J connectivity index is 1.83. The molecule has 0 saturated heterocycles. The smallest absolute Gasteiger partial charge is 0.497 e. The molecule has 1 heterocycles. The number of nitrogens with zero attached hydrogens (tertiary/aromatic N) is 1. The first kappa shape index (κ1) is 27.0. The van der Waals surface area contributed by atoms with Crippen LogP contribution in [0.3, 0.4) is 0 Å². The van der Waals surface area contributed by atoms with Crippen molar-refractivity contribution in [1.29, 1.82) is 0 Å². The van der Waals surface area contributed by atoms with E-state index in [0.717, 1.165) is 29.8 Å². The number of carbonyl (C=O) groups is 1. The molecule has 6 nitrogen and oxygen atoms in total. The Hall–Kier alpha value is -4.09. The second kappa shape index (κ2) is 10.3. The van der Waals surface area contributed by atoms with Crippen LogP contribution in [0.5, 0.6) is 23.0 Å². The molecule has 0 N–H and O–H groups in total. The van der Waals surface area contributed by atoms with Crippen LogP contribution >= 0.6 is 0 Å². The van der Waals surface area contributed by atoms with Gasteiger partial charge < -0.3 is 23.8 Å². The highest BCUT2D eigenvalue weighted by atomic mass is 19.4. The minimum Gasteiger partial charge on any atom is -0.497 e. The molecule has 4 rings (SSSR count). The molecule has 0 saturated carbocycles. The van der Waals surface area contributed by atoms with Crippen molar-refractivity contribution in [2.24, 2.45) is 0 Å². The lowest BCUT2D eigenvalue weighted by Crippen LogP contribution is -2.41. The number of halogens is 6. The summed E-state index contributed by atoms with van der Waals surface area (Å²) in [4.78, 5) is 15.0. The molecule has 1 unspecified atom stereocenters. The summed E-state index contributed by atoms with van der Waals surface area (Å²) in [5.41, 5.74) is 1.40. The Morgan fingerprint density at radius 2 is 1.45 bits per heavy atom. The van der Waals surface area contributed by atoms with Crippen molar-refractivity contribution in [3.05, 3.63) is 82.9 Å². The molecular formula is C26H21F6NO5. The quantitative estimate of drug-likeness (QED) is 0.344. The van der Waals surface area contributed by atoms with Gasteiger partial charge >= 0.3 is 12.7 Å². The van der Waals surface area contributed by atoms with E-state index >= 15 is 0 Å². The van der Waals surface area contributed by atoms with Gasteiger partial charge in [-0.3, -0.25) is 4.79 Å². The molecule has 0 spiro atoms. The molecule has 1 atom stereocenters. The number of rotatable bonds is 6. The predicted octanol–water partition coefficient (Wildman–Crippen LogP) is 6.29. The van der Waals surface area contributed by atoms with Crippen LogP contribution in [0.2, 0.25) is 0 Å². The van der Waals surface area contributed by atoms with Crippen LogP contribution < -0.4 is 18.9 Å². The topological polar surface area (TPSA) is 57.2 Å². The maximum atomic E-state index is 13.7. The van der Waals surface area contributed by atoms with Crippen LogP contribution in [0.4, 0.5) is 26.3 Å². The minimum absolute atomic E-state index is 0.0987. The lowest BCUT2D eigenvalue weighted by molar-refractivity contribution is -0.275. The van der Waals surface area contributed by atoms with Gasteiger partial charge in [0.05, 0.1) is 20.3 Å². The van der Waals surface area contributed by atoms with E-state index in [1.54, 1.807) is 12.1 Å². The van der Waals surface area contributed by atoms with Crippen LogP contribution in [-0.4, -0.2) is 44.3 Å². The van der Waals surface area contributed by atoms with Gasteiger partial charge in [-0.2, -0.15) is 0 Å². The molecule has 0 bridgehead atoms. The molecule has 1 aliphatic heterocycles. The predicted molar refractivity (Wildman–Crippen MR) is 122 cm³/mol. The van der Waals surface area contributed by atoms with Crippen LogP contribution in [0.1, 0.15) is 33.1 Å². The summed E-state index contributed by atoms with van der Waals surface area (Å²) in [7, 11) is 2.86. The van der Waals surface area contributed by atoms with E-state index in [1.165, 1.54) is 43.4 Å². The fraction of sp³-hybridized carbons (Fsp3) is 0.269. The van der Waals surface area contributed by atoms with E-state index in [0.29, 0.717) is 23.5 Å². The molecular weight excluding hydrogens is 520 g/mol. The van der Waals surface area contributed by atoms with Crippen LogP contribution in [0.15, 0.2) is 60.7 Å². The van der Waals surface area contributed by atoms with E-state index < -0.39 is 36.2 Å². The van der Waals surface area contributed by atoms with E-state index in [1.807, 2.05) is 0 Å². The summed E-state index contributed by atoms with van der Waals surface area (Å²) in [6.07, 6.45) is -9.58. The highest BCUT2D eigenvalue weighted by molar-refractivity contribution is 5.95. The first-order chi connectivity index (χ1) is 17.9. The van der Waals surface area contributed by atoms with Crippen molar-refractivity contribution in [3.63, 3.8) is 0 Å². The first-order valence-corrected chi connectivity index (χ1v) is 11.2. The van der Waals surface area contributed by atoms with Crippen molar-refractivity contribution < 1.29 is 50.1 Å². The zero-order valence-corrected chi connectivity index (χ0v) is 20.0. The summed E-state index contributed by atoms with van der Waals surface area (Å²) in [6.45, 7) is 0.0987. The summed E-state index contributed by atoms with van der Waals surface area (Å²) >= 11 is 0. The summed E-state index contributed by atoms with van der Waals surface area (Å²) < 4.78 is 95.9. The van der Waals surface area contributed by atoms with Gasteiger partial charge in [0.2, 0.25) is 0 Å².